The van der Waals surface area contributed by atoms with E-state index in [1.54, 1.807) is 4.90 Å². The minimum absolute atomic E-state index is 0. The first-order chi connectivity index (χ1) is 12.0. The van der Waals surface area contributed by atoms with E-state index in [0.717, 1.165) is 19.3 Å². The third-order valence-electron chi connectivity index (χ3n) is 5.03. The molecule has 1 aliphatic heterocycles. The van der Waals surface area contributed by atoms with Gasteiger partial charge in [0.15, 0.2) is 0 Å². The lowest BCUT2D eigenvalue weighted by Crippen LogP contribution is -2.51. The van der Waals surface area contributed by atoms with Crippen LogP contribution in [0.3, 0.4) is 0 Å². The fourth-order valence-electron chi connectivity index (χ4n) is 3.54. The second-order valence-electron chi connectivity index (χ2n) is 6.69. The van der Waals surface area contributed by atoms with E-state index in [9.17, 15) is 19.7 Å². The van der Waals surface area contributed by atoms with Crippen molar-refractivity contribution in [2.24, 2.45) is 11.7 Å². The molecule has 1 aromatic carbocycles. The maximum atomic E-state index is 12.5. The van der Waals surface area contributed by atoms with Gasteiger partial charge in [0.25, 0.3) is 11.6 Å². The topological polar surface area (TPSA) is 110 Å². The van der Waals surface area contributed by atoms with Crippen LogP contribution in [0.4, 0.5) is 5.69 Å². The second kappa shape index (κ2) is 8.46. The highest BCUT2D eigenvalue weighted by atomic mass is 35.5. The number of non-ortho nitro benzene ring substituents is 1. The van der Waals surface area contributed by atoms with Gasteiger partial charge < -0.3 is 15.5 Å². The van der Waals surface area contributed by atoms with Crippen LogP contribution in [0.1, 0.15) is 29.6 Å². The van der Waals surface area contributed by atoms with Crippen LogP contribution in [-0.4, -0.2) is 58.8 Å². The number of benzene rings is 1. The number of nitrogens with two attached hydrogens (primary N) is 1. The third kappa shape index (κ3) is 4.31. The Labute approximate surface area is 157 Å². The van der Waals surface area contributed by atoms with E-state index in [1.165, 1.54) is 24.3 Å². The Morgan fingerprint density at radius 2 is 1.62 bits per heavy atom. The van der Waals surface area contributed by atoms with Crippen molar-refractivity contribution in [3.05, 3.63) is 39.9 Å². The first kappa shape index (κ1) is 20.1. The Bertz CT molecular complexity index is 674. The molecule has 0 radical (unpaired) electrons. The van der Waals surface area contributed by atoms with Crippen LogP contribution in [0.25, 0.3) is 0 Å². The van der Waals surface area contributed by atoms with E-state index < -0.39 is 4.92 Å². The molecule has 3 rings (SSSR count). The summed E-state index contributed by atoms with van der Waals surface area (Å²) in [5.74, 6) is 0.00666. The smallest absolute Gasteiger partial charge is 0.269 e. The van der Waals surface area contributed by atoms with Crippen molar-refractivity contribution >= 4 is 29.9 Å². The van der Waals surface area contributed by atoms with E-state index in [2.05, 4.69) is 0 Å². The molecule has 0 bridgehead atoms. The third-order valence-corrected chi connectivity index (χ3v) is 5.03. The number of nitro benzene ring substituents is 1. The quantitative estimate of drug-likeness (QED) is 0.628. The maximum absolute atomic E-state index is 12.5. The van der Waals surface area contributed by atoms with Crippen LogP contribution >= 0.6 is 12.4 Å². The molecule has 2 N–H and O–H groups in total. The maximum Gasteiger partial charge on any atom is 0.269 e. The number of hydrogen-bond acceptors (Lipinski definition) is 5. The van der Waals surface area contributed by atoms with Crippen molar-refractivity contribution in [3.63, 3.8) is 0 Å². The van der Waals surface area contributed by atoms with Gasteiger partial charge in [-0.05, 0) is 31.4 Å². The summed E-state index contributed by atoms with van der Waals surface area (Å²) in [4.78, 5) is 38.7. The van der Waals surface area contributed by atoms with Crippen LogP contribution in [0.5, 0.6) is 0 Å². The highest BCUT2D eigenvalue weighted by Gasteiger charge is 2.33. The first-order valence-corrected chi connectivity index (χ1v) is 8.54. The van der Waals surface area contributed by atoms with Crippen LogP contribution < -0.4 is 5.73 Å². The molecule has 2 atom stereocenters. The predicted octanol–water partition coefficient (Wildman–Crippen LogP) is 1.43. The fraction of sp³-hybridized carbons (Fsp3) is 0.529. The predicted molar refractivity (Wildman–Crippen MR) is 98.1 cm³/mol. The number of carbonyl (C=O) groups excluding carboxylic acids is 2. The molecule has 0 spiro atoms. The van der Waals surface area contributed by atoms with Gasteiger partial charge in [0.1, 0.15) is 0 Å². The molecular formula is C17H23ClN4O4. The van der Waals surface area contributed by atoms with Gasteiger partial charge in [-0.15, -0.1) is 12.4 Å². The van der Waals surface area contributed by atoms with E-state index >= 15 is 0 Å². The largest absolute Gasteiger partial charge is 0.339 e. The molecule has 142 valence electrons. The molecule has 1 saturated carbocycles. The Morgan fingerprint density at radius 3 is 2.12 bits per heavy atom. The molecule has 2 amide bonds. The number of hydrogen-bond donors (Lipinski definition) is 1. The minimum Gasteiger partial charge on any atom is -0.339 e. The number of piperazine rings is 1. The van der Waals surface area contributed by atoms with Crippen molar-refractivity contribution in [1.29, 1.82) is 0 Å². The monoisotopic (exact) mass is 382 g/mol. The summed E-state index contributed by atoms with van der Waals surface area (Å²) < 4.78 is 0. The fourth-order valence-corrected chi connectivity index (χ4v) is 3.54. The number of halogens is 1. The van der Waals surface area contributed by atoms with Gasteiger partial charge in [-0.25, -0.2) is 0 Å². The SMILES string of the molecule is Cl.NC1CCC(C(=O)N2CCN(C(=O)c3ccc([N+](=O)[O-])cc3)CC2)C1. The summed E-state index contributed by atoms with van der Waals surface area (Å²) in [6, 6.07) is 5.72. The van der Waals surface area contributed by atoms with Crippen molar-refractivity contribution in [3.8, 4) is 0 Å². The van der Waals surface area contributed by atoms with Crippen molar-refractivity contribution in [2.45, 2.75) is 25.3 Å². The zero-order valence-corrected chi connectivity index (χ0v) is 15.2. The van der Waals surface area contributed by atoms with E-state index in [0.29, 0.717) is 31.7 Å². The minimum atomic E-state index is -0.493. The molecule has 1 aromatic rings. The average molecular weight is 383 g/mol. The zero-order chi connectivity index (χ0) is 18.0. The summed E-state index contributed by atoms with van der Waals surface area (Å²) in [6.07, 6.45) is 2.50. The lowest BCUT2D eigenvalue weighted by atomic mass is 10.1. The van der Waals surface area contributed by atoms with Gasteiger partial charge >= 0.3 is 0 Å². The molecule has 2 unspecified atom stereocenters. The summed E-state index contributed by atoms with van der Waals surface area (Å²) in [5.41, 5.74) is 6.27. The van der Waals surface area contributed by atoms with Crippen molar-refractivity contribution < 1.29 is 14.5 Å². The molecule has 2 fully saturated rings. The Kier molecular flexibility index (Phi) is 6.55. The molecule has 8 nitrogen and oxygen atoms in total. The Hall–Kier alpha value is -2.19. The highest BCUT2D eigenvalue weighted by Crippen LogP contribution is 2.26. The van der Waals surface area contributed by atoms with Gasteiger partial charge in [0.2, 0.25) is 5.91 Å². The molecule has 1 heterocycles. The Morgan fingerprint density at radius 1 is 1.04 bits per heavy atom. The van der Waals surface area contributed by atoms with Gasteiger partial charge in [-0.2, -0.15) is 0 Å². The van der Waals surface area contributed by atoms with E-state index in [1.807, 2.05) is 4.90 Å². The zero-order valence-electron chi connectivity index (χ0n) is 14.4. The summed E-state index contributed by atoms with van der Waals surface area (Å²) >= 11 is 0. The molecule has 1 saturated heterocycles. The standard InChI is InChI=1S/C17H22N4O4.ClH/c18-14-4-1-13(11-14)17(23)20-9-7-19(8-10-20)16(22)12-2-5-15(6-3-12)21(24)25;/h2-3,5-6,13-14H,1,4,7-11,18H2;1H. The molecule has 9 heteroatoms. The van der Waals surface area contributed by atoms with Gasteiger partial charge in [0.05, 0.1) is 4.92 Å². The van der Waals surface area contributed by atoms with E-state index in [4.69, 9.17) is 5.73 Å². The Balaban J connectivity index is 0.00000243. The number of nitro groups is 1. The van der Waals surface area contributed by atoms with Crippen LogP contribution in [0.15, 0.2) is 24.3 Å². The van der Waals surface area contributed by atoms with E-state index in [-0.39, 0.29) is 41.9 Å². The molecular weight excluding hydrogens is 360 g/mol. The lowest BCUT2D eigenvalue weighted by molar-refractivity contribution is -0.384. The summed E-state index contributed by atoms with van der Waals surface area (Å²) in [6.45, 7) is 1.98. The first-order valence-electron chi connectivity index (χ1n) is 8.54. The molecule has 1 aliphatic carbocycles. The van der Waals surface area contributed by atoms with Crippen LogP contribution in [0.2, 0.25) is 0 Å². The highest BCUT2D eigenvalue weighted by molar-refractivity contribution is 5.94. The number of nitrogens with zero attached hydrogens (tertiary/aromatic N) is 3. The van der Waals surface area contributed by atoms with Crippen molar-refractivity contribution in [2.75, 3.05) is 26.2 Å². The number of rotatable bonds is 3. The van der Waals surface area contributed by atoms with Crippen LogP contribution in [0, 0.1) is 16.0 Å². The molecule has 26 heavy (non-hydrogen) atoms. The van der Waals surface area contributed by atoms with Crippen LogP contribution in [-0.2, 0) is 4.79 Å². The van der Waals surface area contributed by atoms with Gasteiger partial charge in [-0.1, -0.05) is 0 Å². The second-order valence-corrected chi connectivity index (χ2v) is 6.69. The summed E-state index contributed by atoms with van der Waals surface area (Å²) in [5, 5.41) is 10.7. The molecule has 0 aromatic heterocycles. The number of amides is 2. The molecule has 2 aliphatic rings. The summed E-state index contributed by atoms with van der Waals surface area (Å²) in [7, 11) is 0. The number of carbonyl (C=O) groups is 2. The normalized spacial score (nSPS) is 22.7. The average Bonchev–Trinajstić information content (AvgIpc) is 3.07. The van der Waals surface area contributed by atoms with Crippen molar-refractivity contribution in [1.82, 2.24) is 9.80 Å². The lowest BCUT2D eigenvalue weighted by Gasteiger charge is -2.36. The van der Waals surface area contributed by atoms with Gasteiger partial charge in [-0.3, -0.25) is 19.7 Å². The van der Waals surface area contributed by atoms with Gasteiger partial charge in [0, 0.05) is 55.8 Å².